The van der Waals surface area contributed by atoms with E-state index in [1.807, 2.05) is 30.3 Å². The van der Waals surface area contributed by atoms with Crippen molar-refractivity contribution in [2.75, 3.05) is 44.3 Å². The van der Waals surface area contributed by atoms with E-state index in [-0.39, 0.29) is 23.7 Å². The molecule has 1 fully saturated rings. The van der Waals surface area contributed by atoms with Crippen LogP contribution in [-0.4, -0.2) is 87.6 Å². The zero-order valence-electron chi connectivity index (χ0n) is 26.7. The van der Waals surface area contributed by atoms with Gasteiger partial charge in [-0.2, -0.15) is 14.9 Å². The molecule has 1 saturated heterocycles. The molecule has 0 radical (unpaired) electrons. The summed E-state index contributed by atoms with van der Waals surface area (Å²) < 4.78 is 47.6. The van der Waals surface area contributed by atoms with Crippen molar-refractivity contribution in [1.29, 1.82) is 0 Å². The summed E-state index contributed by atoms with van der Waals surface area (Å²) in [6.07, 6.45) is -2.47. The summed E-state index contributed by atoms with van der Waals surface area (Å²) >= 11 is 0. The third kappa shape index (κ3) is 6.98. The van der Waals surface area contributed by atoms with Crippen LogP contribution in [0.2, 0.25) is 0 Å². The van der Waals surface area contributed by atoms with Gasteiger partial charge in [-0.1, -0.05) is 49.0 Å². The maximum absolute atomic E-state index is 14.3. The van der Waals surface area contributed by atoms with Gasteiger partial charge in [-0.05, 0) is 36.2 Å². The molecule has 0 saturated carbocycles. The summed E-state index contributed by atoms with van der Waals surface area (Å²) in [6.45, 7) is 9.08. The number of carbonyl (C=O) groups is 3. The number of amides is 3. The normalized spacial score (nSPS) is 18.2. The number of hydrogen-bond acceptors (Lipinski definition) is 7. The molecular formula is C34H35F3N8O4. The first kappa shape index (κ1) is 33.6. The lowest BCUT2D eigenvalue weighted by molar-refractivity contribution is -0.213. The molecule has 0 aliphatic carbocycles. The molecule has 2 aliphatic heterocycles. The predicted octanol–water partition coefficient (Wildman–Crippen LogP) is 3.35. The number of ether oxygens (including phenoxy) is 1. The second-order valence-electron chi connectivity index (χ2n) is 11.7. The summed E-state index contributed by atoms with van der Waals surface area (Å²) in [6, 6.07) is 16.0. The Kier molecular flexibility index (Phi) is 9.65. The Morgan fingerprint density at radius 1 is 1.04 bits per heavy atom. The van der Waals surface area contributed by atoms with Crippen LogP contribution in [0.5, 0.6) is 0 Å². The number of morpholine rings is 1. The number of halogens is 3. The number of likely N-dealkylation sites (N-methyl/N-ethyl adjacent to an activating group) is 1. The van der Waals surface area contributed by atoms with E-state index in [4.69, 9.17) is 4.74 Å². The van der Waals surface area contributed by atoms with Crippen LogP contribution < -0.4 is 15.5 Å². The summed E-state index contributed by atoms with van der Waals surface area (Å²) in [4.78, 5) is 44.1. The summed E-state index contributed by atoms with van der Waals surface area (Å²) in [7, 11) is 0. The van der Waals surface area contributed by atoms with Gasteiger partial charge in [0.1, 0.15) is 17.6 Å². The molecule has 2 atom stereocenters. The molecule has 0 unspecified atom stereocenters. The van der Waals surface area contributed by atoms with Crippen molar-refractivity contribution >= 4 is 23.5 Å². The maximum atomic E-state index is 14.3. The molecule has 0 spiro atoms. The quantitative estimate of drug-likeness (QED) is 0.247. The van der Waals surface area contributed by atoms with E-state index in [2.05, 4.69) is 32.3 Å². The molecule has 2 aromatic heterocycles. The molecule has 0 bridgehead atoms. The Morgan fingerprint density at radius 3 is 2.51 bits per heavy atom. The molecule has 256 valence electrons. The third-order valence-corrected chi connectivity index (χ3v) is 8.55. The zero-order chi connectivity index (χ0) is 34.7. The van der Waals surface area contributed by atoms with Gasteiger partial charge in [0.2, 0.25) is 5.91 Å². The number of fused-ring (bicyclic) bond motifs is 1. The van der Waals surface area contributed by atoms with Gasteiger partial charge in [-0.15, -0.1) is 13.2 Å². The lowest BCUT2D eigenvalue weighted by Gasteiger charge is -2.38. The van der Waals surface area contributed by atoms with Crippen LogP contribution in [0, 0.1) is 0 Å². The number of anilines is 1. The number of carbonyl (C=O) groups excluding carboxylic acids is 3. The van der Waals surface area contributed by atoms with Crippen molar-refractivity contribution in [3.8, 4) is 5.69 Å². The minimum absolute atomic E-state index is 0.147. The Labute approximate surface area is 280 Å². The fourth-order valence-corrected chi connectivity index (χ4v) is 6.22. The monoisotopic (exact) mass is 676 g/mol. The van der Waals surface area contributed by atoms with E-state index >= 15 is 0 Å². The lowest BCUT2D eigenvalue weighted by Crippen LogP contribution is -2.55. The lowest BCUT2D eigenvalue weighted by atomic mass is 9.82. The van der Waals surface area contributed by atoms with Crippen LogP contribution in [-0.2, 0) is 27.2 Å². The number of aromatic nitrogens is 4. The van der Waals surface area contributed by atoms with Crippen molar-refractivity contribution < 1.29 is 32.3 Å². The number of benzene rings is 2. The molecule has 3 amide bonds. The van der Waals surface area contributed by atoms with Crippen LogP contribution in [0.15, 0.2) is 85.2 Å². The van der Waals surface area contributed by atoms with E-state index in [0.29, 0.717) is 66.6 Å². The molecule has 15 heteroatoms. The highest BCUT2D eigenvalue weighted by Gasteiger charge is 2.45. The van der Waals surface area contributed by atoms with E-state index in [9.17, 15) is 27.6 Å². The highest BCUT2D eigenvalue weighted by Crippen LogP contribution is 2.41. The largest absolute Gasteiger partial charge is 0.505 e. The Hall–Kier alpha value is -5.28. The average molecular weight is 677 g/mol. The summed E-state index contributed by atoms with van der Waals surface area (Å²) in [5.74, 6) is -2.31. The van der Waals surface area contributed by atoms with Crippen molar-refractivity contribution in [1.82, 2.24) is 35.1 Å². The van der Waals surface area contributed by atoms with Crippen molar-refractivity contribution in [3.63, 3.8) is 0 Å². The smallest absolute Gasteiger partial charge is 0.379 e. The standard InChI is InChI=1S/C34H35F3N8O4/c1-3-43-32-26(20-40-44(32)25-10-5-4-6-11-25)28(29(33(43)48)41-31(47)27-12-13-39-45(27)34(35,36)37)24-9-7-8-23(18-24)19-38-30(46)22(2)21-42-14-16-49-17-15-42/h4-13,18,20,28-29H,2-3,14-17,19,21H2,1H3,(H,38,46)(H,41,47)/t28-,29+/m1/s1. The molecule has 4 heterocycles. The van der Waals surface area contributed by atoms with Gasteiger partial charge in [0.25, 0.3) is 11.8 Å². The van der Waals surface area contributed by atoms with Crippen molar-refractivity contribution in [3.05, 3.63) is 108 Å². The minimum atomic E-state index is -4.95. The van der Waals surface area contributed by atoms with Crippen LogP contribution in [0.25, 0.3) is 5.69 Å². The number of alkyl halides is 3. The van der Waals surface area contributed by atoms with E-state index in [1.165, 1.54) is 4.90 Å². The number of rotatable bonds is 10. The van der Waals surface area contributed by atoms with Crippen LogP contribution in [0.4, 0.5) is 19.0 Å². The highest BCUT2D eigenvalue weighted by atomic mass is 19.4. The number of hydrogen-bond donors (Lipinski definition) is 2. The molecule has 6 rings (SSSR count). The van der Waals surface area contributed by atoms with E-state index in [1.54, 1.807) is 42.1 Å². The van der Waals surface area contributed by atoms with Gasteiger partial charge in [0.15, 0.2) is 0 Å². The van der Waals surface area contributed by atoms with Gasteiger partial charge in [-0.25, -0.2) is 4.68 Å². The van der Waals surface area contributed by atoms with E-state index in [0.717, 1.165) is 12.3 Å². The molecule has 4 aromatic rings. The fraction of sp³-hybridized carbons (Fsp3) is 0.324. The first-order valence-corrected chi connectivity index (χ1v) is 15.8. The highest BCUT2D eigenvalue weighted by molar-refractivity contribution is 6.05. The van der Waals surface area contributed by atoms with Crippen molar-refractivity contribution in [2.45, 2.75) is 31.7 Å². The van der Waals surface area contributed by atoms with Crippen LogP contribution in [0.3, 0.4) is 0 Å². The Balaban J connectivity index is 1.33. The SMILES string of the molecule is C=C(CN1CCOCC1)C(=O)NCc1cccc([C@@H]2c3cnn(-c4ccccc4)c3N(CC)C(=O)[C@H]2NC(=O)c2ccnn2C(F)(F)F)c1. The van der Waals surface area contributed by atoms with Crippen molar-refractivity contribution in [2.24, 2.45) is 0 Å². The predicted molar refractivity (Wildman–Crippen MR) is 173 cm³/mol. The molecule has 2 aromatic carbocycles. The third-order valence-electron chi connectivity index (χ3n) is 8.55. The number of para-hydroxylation sites is 1. The van der Waals surface area contributed by atoms with E-state index < -0.39 is 35.8 Å². The second kappa shape index (κ2) is 14.1. The summed E-state index contributed by atoms with van der Waals surface area (Å²) in [5, 5.41) is 13.4. The molecule has 2 aliphatic rings. The Morgan fingerprint density at radius 2 is 1.80 bits per heavy atom. The van der Waals surface area contributed by atoms with Gasteiger partial charge in [0.05, 0.1) is 31.3 Å². The van der Waals surface area contributed by atoms with Gasteiger partial charge >= 0.3 is 6.30 Å². The van der Waals surface area contributed by atoms with Gasteiger partial charge in [0, 0.05) is 49.8 Å². The van der Waals surface area contributed by atoms with Gasteiger partial charge in [-0.3, -0.25) is 24.2 Å². The number of nitrogens with zero attached hydrogens (tertiary/aromatic N) is 6. The first-order valence-electron chi connectivity index (χ1n) is 15.8. The topological polar surface area (TPSA) is 127 Å². The molecule has 49 heavy (non-hydrogen) atoms. The maximum Gasteiger partial charge on any atom is 0.505 e. The molecule has 2 N–H and O–H groups in total. The van der Waals surface area contributed by atoms with Gasteiger partial charge < -0.3 is 15.4 Å². The molecule has 12 nitrogen and oxygen atoms in total. The second-order valence-corrected chi connectivity index (χ2v) is 11.7. The average Bonchev–Trinajstić information content (AvgIpc) is 3.77. The van der Waals surface area contributed by atoms with Crippen LogP contribution >= 0.6 is 0 Å². The zero-order valence-corrected chi connectivity index (χ0v) is 26.7. The fourth-order valence-electron chi connectivity index (χ4n) is 6.22. The first-order chi connectivity index (χ1) is 23.6. The Bertz CT molecular complexity index is 1850. The number of nitrogens with one attached hydrogen (secondary N) is 2. The minimum Gasteiger partial charge on any atom is -0.379 e. The van der Waals surface area contributed by atoms with Crippen LogP contribution in [0.1, 0.15) is 40.0 Å². The molecular weight excluding hydrogens is 641 g/mol. The summed E-state index contributed by atoms with van der Waals surface area (Å²) in [5.41, 5.74) is 2.22.